The summed E-state index contributed by atoms with van der Waals surface area (Å²) < 4.78 is 44.1. The fraction of sp³-hybridized carbons (Fsp3) is 0.389. The number of rotatable bonds is 3. The molecule has 6 nitrogen and oxygen atoms in total. The smallest absolute Gasteiger partial charge is 0.460 e. The highest BCUT2D eigenvalue weighted by Crippen LogP contribution is 2.41. The van der Waals surface area contributed by atoms with E-state index < -0.39 is 29.4 Å². The maximum atomic E-state index is 13.1. The molecule has 1 aromatic carbocycles. The second-order valence-corrected chi connectivity index (χ2v) is 6.35. The minimum absolute atomic E-state index is 0.102. The van der Waals surface area contributed by atoms with E-state index in [-0.39, 0.29) is 25.3 Å². The van der Waals surface area contributed by atoms with Crippen LogP contribution in [0.3, 0.4) is 0 Å². The molecular weight excluding hydrogens is 365 g/mol. The standard InChI is InChI=1S/C18H17F3N2O4/c1-3-27-15(25)14(24)17(2)13-11(10-6-4-5-7-12(10)22-13)8-9-23(17)16(26)18(19,20)21/h4-7,22H,3,8-9H2,1-2H3. The summed E-state index contributed by atoms with van der Waals surface area (Å²) in [6.07, 6.45) is -5.06. The van der Waals surface area contributed by atoms with Crippen LogP contribution in [0.4, 0.5) is 13.2 Å². The van der Waals surface area contributed by atoms with E-state index in [1.807, 2.05) is 0 Å². The van der Waals surface area contributed by atoms with Crippen molar-refractivity contribution < 1.29 is 32.3 Å². The summed E-state index contributed by atoms with van der Waals surface area (Å²) in [6.45, 7) is 2.15. The number of ketones is 1. The van der Waals surface area contributed by atoms with Gasteiger partial charge in [-0.05, 0) is 31.9 Å². The highest BCUT2D eigenvalue weighted by Gasteiger charge is 2.56. The predicted molar refractivity (Wildman–Crippen MR) is 88.8 cm³/mol. The Bertz CT molecular complexity index is 934. The van der Waals surface area contributed by atoms with Gasteiger partial charge in [0.1, 0.15) is 0 Å². The van der Waals surface area contributed by atoms with Gasteiger partial charge in [-0.1, -0.05) is 18.2 Å². The fourth-order valence-corrected chi connectivity index (χ4v) is 3.55. The lowest BCUT2D eigenvalue weighted by atomic mass is 9.82. The number of hydrogen-bond donors (Lipinski definition) is 1. The van der Waals surface area contributed by atoms with Gasteiger partial charge in [0.2, 0.25) is 0 Å². The first-order valence-electron chi connectivity index (χ1n) is 8.32. The molecule has 0 saturated carbocycles. The van der Waals surface area contributed by atoms with Gasteiger partial charge in [-0.3, -0.25) is 9.59 Å². The number of aromatic nitrogens is 1. The third kappa shape index (κ3) is 2.87. The molecule has 1 atom stereocenters. The van der Waals surface area contributed by atoms with Crippen LogP contribution in [-0.4, -0.2) is 46.9 Å². The number of fused-ring (bicyclic) bond motifs is 3. The molecule has 1 aromatic heterocycles. The Morgan fingerprint density at radius 1 is 1.26 bits per heavy atom. The number of benzene rings is 1. The molecule has 1 amide bonds. The van der Waals surface area contributed by atoms with Crippen LogP contribution in [0.5, 0.6) is 0 Å². The third-order valence-electron chi connectivity index (χ3n) is 4.82. The van der Waals surface area contributed by atoms with Crippen LogP contribution < -0.4 is 0 Å². The van der Waals surface area contributed by atoms with Crippen molar-refractivity contribution in [2.45, 2.75) is 32.0 Å². The number of carbonyl (C=O) groups is 3. The van der Waals surface area contributed by atoms with Gasteiger partial charge in [-0.15, -0.1) is 0 Å². The Morgan fingerprint density at radius 3 is 2.56 bits per heavy atom. The fourth-order valence-electron chi connectivity index (χ4n) is 3.55. The highest BCUT2D eigenvalue weighted by molar-refractivity contribution is 6.37. The van der Waals surface area contributed by atoms with Crippen molar-refractivity contribution in [2.75, 3.05) is 13.2 Å². The Hall–Kier alpha value is -2.84. The number of hydrogen-bond acceptors (Lipinski definition) is 4. The monoisotopic (exact) mass is 382 g/mol. The first-order valence-corrected chi connectivity index (χ1v) is 8.32. The van der Waals surface area contributed by atoms with Crippen molar-refractivity contribution in [3.8, 4) is 0 Å². The number of Topliss-reactive ketones (excluding diaryl/α,β-unsaturated/α-hetero) is 1. The number of amides is 1. The molecule has 3 rings (SSSR count). The number of carbonyl (C=O) groups excluding carboxylic acids is 3. The van der Waals surface area contributed by atoms with Crippen molar-refractivity contribution in [3.05, 3.63) is 35.5 Å². The van der Waals surface area contributed by atoms with Crippen LogP contribution in [0, 0.1) is 0 Å². The number of aromatic amines is 1. The summed E-state index contributed by atoms with van der Waals surface area (Å²) in [5, 5.41) is 0.731. The molecule has 1 aliphatic heterocycles. The third-order valence-corrected chi connectivity index (χ3v) is 4.82. The maximum absolute atomic E-state index is 13.1. The lowest BCUT2D eigenvalue weighted by Gasteiger charge is -2.42. The van der Waals surface area contributed by atoms with Crippen LogP contribution >= 0.6 is 0 Å². The molecule has 0 radical (unpaired) electrons. The van der Waals surface area contributed by atoms with Crippen LogP contribution in [0.1, 0.15) is 25.1 Å². The van der Waals surface area contributed by atoms with E-state index in [9.17, 15) is 27.6 Å². The Balaban J connectivity index is 2.22. The Morgan fingerprint density at radius 2 is 1.93 bits per heavy atom. The van der Waals surface area contributed by atoms with E-state index in [0.29, 0.717) is 16.0 Å². The first kappa shape index (κ1) is 18.9. The van der Waals surface area contributed by atoms with E-state index in [4.69, 9.17) is 4.74 Å². The lowest BCUT2D eigenvalue weighted by Crippen LogP contribution is -2.61. The van der Waals surface area contributed by atoms with E-state index >= 15 is 0 Å². The summed E-state index contributed by atoms with van der Waals surface area (Å²) in [5.74, 6) is -4.69. The molecule has 1 aliphatic rings. The molecule has 9 heteroatoms. The lowest BCUT2D eigenvalue weighted by molar-refractivity contribution is -0.194. The summed E-state index contributed by atoms with van der Waals surface area (Å²) in [5.41, 5.74) is -0.833. The van der Waals surface area contributed by atoms with Gasteiger partial charge in [0.15, 0.2) is 5.54 Å². The molecule has 0 saturated heterocycles. The van der Waals surface area contributed by atoms with Crippen molar-refractivity contribution in [2.24, 2.45) is 0 Å². The largest absolute Gasteiger partial charge is 0.471 e. The minimum Gasteiger partial charge on any atom is -0.460 e. The van der Waals surface area contributed by atoms with E-state index in [1.54, 1.807) is 24.3 Å². The molecule has 0 spiro atoms. The number of alkyl halides is 3. The quantitative estimate of drug-likeness (QED) is 0.653. The second kappa shape index (κ2) is 6.40. The normalized spacial score (nSPS) is 19.7. The molecule has 2 aromatic rings. The summed E-state index contributed by atoms with van der Waals surface area (Å²) in [4.78, 5) is 40.3. The Labute approximate surface area is 152 Å². The average molecular weight is 382 g/mol. The van der Waals surface area contributed by atoms with Crippen molar-refractivity contribution in [1.29, 1.82) is 0 Å². The van der Waals surface area contributed by atoms with Gasteiger partial charge >= 0.3 is 18.1 Å². The van der Waals surface area contributed by atoms with Crippen LogP contribution in [0.25, 0.3) is 10.9 Å². The molecule has 1 N–H and O–H groups in total. The number of nitrogens with zero attached hydrogens (tertiary/aromatic N) is 1. The second-order valence-electron chi connectivity index (χ2n) is 6.35. The van der Waals surface area contributed by atoms with Gasteiger partial charge in [0.05, 0.1) is 12.3 Å². The number of ether oxygens (including phenoxy) is 1. The van der Waals surface area contributed by atoms with Crippen molar-refractivity contribution >= 4 is 28.6 Å². The number of esters is 1. The predicted octanol–water partition coefficient (Wildman–Crippen LogP) is 2.46. The molecule has 0 aliphatic carbocycles. The summed E-state index contributed by atoms with van der Waals surface area (Å²) in [7, 11) is 0. The number of halogens is 3. The van der Waals surface area contributed by atoms with Gasteiger partial charge in [0.25, 0.3) is 5.78 Å². The number of H-pyrrole nitrogens is 1. The van der Waals surface area contributed by atoms with Crippen molar-refractivity contribution in [3.63, 3.8) is 0 Å². The number of nitrogens with one attached hydrogen (secondary N) is 1. The molecule has 144 valence electrons. The van der Waals surface area contributed by atoms with Crippen LogP contribution in [0.2, 0.25) is 0 Å². The van der Waals surface area contributed by atoms with Gasteiger partial charge in [-0.25, -0.2) is 4.79 Å². The topological polar surface area (TPSA) is 79.5 Å². The first-order chi connectivity index (χ1) is 12.6. The molecule has 2 heterocycles. The van der Waals surface area contributed by atoms with Gasteiger partial charge in [0, 0.05) is 17.4 Å². The molecule has 27 heavy (non-hydrogen) atoms. The van der Waals surface area contributed by atoms with Crippen molar-refractivity contribution in [1.82, 2.24) is 9.88 Å². The summed E-state index contributed by atoms with van der Waals surface area (Å²) >= 11 is 0. The minimum atomic E-state index is -5.18. The average Bonchev–Trinajstić information content (AvgIpc) is 3.00. The number of para-hydroxylation sites is 1. The van der Waals surface area contributed by atoms with E-state index in [0.717, 1.165) is 12.3 Å². The van der Waals surface area contributed by atoms with Crippen LogP contribution in [-0.2, 0) is 31.1 Å². The van der Waals surface area contributed by atoms with Gasteiger partial charge < -0.3 is 14.6 Å². The molecule has 0 bridgehead atoms. The summed E-state index contributed by atoms with van der Waals surface area (Å²) in [6, 6.07) is 6.96. The SMILES string of the molecule is CCOC(=O)C(=O)C1(C)c2[nH]c3ccccc3c2CCN1C(=O)C(F)(F)F. The van der Waals surface area contributed by atoms with E-state index in [2.05, 4.69) is 4.98 Å². The zero-order chi connectivity index (χ0) is 20.0. The van der Waals surface area contributed by atoms with Crippen LogP contribution in [0.15, 0.2) is 24.3 Å². The van der Waals surface area contributed by atoms with Gasteiger partial charge in [-0.2, -0.15) is 13.2 Å². The molecular formula is C18H17F3N2O4. The zero-order valence-electron chi connectivity index (χ0n) is 14.6. The maximum Gasteiger partial charge on any atom is 0.471 e. The highest BCUT2D eigenvalue weighted by atomic mass is 19.4. The zero-order valence-corrected chi connectivity index (χ0v) is 14.6. The molecule has 1 unspecified atom stereocenters. The molecule has 0 fully saturated rings. The Kier molecular flexibility index (Phi) is 4.49. The van der Waals surface area contributed by atoms with E-state index in [1.165, 1.54) is 6.92 Å².